The Kier molecular flexibility index (Phi) is 3.66. The van der Waals surface area contributed by atoms with Crippen LogP contribution in [0.5, 0.6) is 0 Å². The van der Waals surface area contributed by atoms with Crippen molar-refractivity contribution in [3.05, 3.63) is 35.1 Å². The Morgan fingerprint density at radius 3 is 2.41 bits per heavy atom. The first kappa shape index (κ1) is 13.4. The second-order valence-electron chi connectivity index (χ2n) is 4.75. The van der Waals surface area contributed by atoms with Gasteiger partial charge in [0, 0.05) is 11.0 Å². The molecule has 3 nitrogen and oxygen atoms in total. The van der Waals surface area contributed by atoms with Gasteiger partial charge < -0.3 is 5.11 Å². The van der Waals surface area contributed by atoms with Gasteiger partial charge in [0.25, 0.3) is 0 Å². The number of benzene rings is 1. The normalized spacial score (nSPS) is 11.3. The number of carbonyl (C=O) groups is 2. The van der Waals surface area contributed by atoms with Gasteiger partial charge in [0.15, 0.2) is 5.78 Å². The minimum atomic E-state index is -1.03. The number of rotatable bonds is 4. The average molecular weight is 238 g/mol. The number of carboxylic acids is 1. The van der Waals surface area contributed by atoms with Gasteiger partial charge in [-0.3, -0.25) is 9.59 Å². The minimum Gasteiger partial charge on any atom is -0.481 e. The van der Waals surface area contributed by atoms with Gasteiger partial charge in [0.1, 0.15) is 5.82 Å². The third-order valence-corrected chi connectivity index (χ3v) is 2.63. The number of Topliss-reactive ketones (excluding diaryl/α,β-unsaturated/α-hetero) is 1. The SMILES string of the molecule is Cc1cc(C(=O)C(C)(C)CC(=O)O)ccc1F. The van der Waals surface area contributed by atoms with Crippen molar-refractivity contribution in [1.29, 1.82) is 0 Å². The first-order chi connectivity index (χ1) is 7.74. The number of carboxylic acid groups (broad SMARTS) is 1. The summed E-state index contributed by atoms with van der Waals surface area (Å²) in [4.78, 5) is 22.7. The molecule has 0 aliphatic rings. The van der Waals surface area contributed by atoms with Gasteiger partial charge in [-0.1, -0.05) is 13.8 Å². The lowest BCUT2D eigenvalue weighted by atomic mass is 9.81. The maximum Gasteiger partial charge on any atom is 0.304 e. The van der Waals surface area contributed by atoms with Crippen molar-refractivity contribution in [2.45, 2.75) is 27.2 Å². The van der Waals surface area contributed by atoms with E-state index >= 15 is 0 Å². The third kappa shape index (κ3) is 3.12. The Bertz CT molecular complexity index is 464. The highest BCUT2D eigenvalue weighted by Gasteiger charge is 2.31. The molecule has 17 heavy (non-hydrogen) atoms. The molecule has 1 rings (SSSR count). The van der Waals surface area contributed by atoms with E-state index in [1.54, 1.807) is 20.8 Å². The molecule has 0 amide bonds. The molecule has 1 N–H and O–H groups in total. The number of aryl methyl sites for hydroxylation is 1. The summed E-state index contributed by atoms with van der Waals surface area (Å²) in [5.74, 6) is -1.69. The van der Waals surface area contributed by atoms with E-state index in [4.69, 9.17) is 5.11 Å². The van der Waals surface area contributed by atoms with Crippen LogP contribution >= 0.6 is 0 Å². The van der Waals surface area contributed by atoms with E-state index in [-0.39, 0.29) is 18.0 Å². The lowest BCUT2D eigenvalue weighted by Crippen LogP contribution is -2.27. The fraction of sp³-hybridized carbons (Fsp3) is 0.385. The van der Waals surface area contributed by atoms with E-state index in [1.165, 1.54) is 18.2 Å². The molecule has 0 bridgehead atoms. The standard InChI is InChI=1S/C13H15FO3/c1-8-6-9(4-5-10(8)14)12(17)13(2,3)7-11(15)16/h4-6H,7H2,1-3H3,(H,15,16). The predicted octanol–water partition coefficient (Wildman–Crippen LogP) is 2.82. The molecular formula is C13H15FO3. The fourth-order valence-electron chi connectivity index (χ4n) is 1.64. The van der Waals surface area contributed by atoms with Crippen LogP contribution in [0.15, 0.2) is 18.2 Å². The summed E-state index contributed by atoms with van der Waals surface area (Å²) >= 11 is 0. The zero-order valence-corrected chi connectivity index (χ0v) is 10.1. The number of halogens is 1. The molecule has 0 spiro atoms. The Balaban J connectivity index is 3.03. The topological polar surface area (TPSA) is 54.4 Å². The molecule has 1 aromatic carbocycles. The van der Waals surface area contributed by atoms with Crippen LogP contribution in [0.2, 0.25) is 0 Å². The Morgan fingerprint density at radius 2 is 1.94 bits per heavy atom. The number of aliphatic carboxylic acids is 1. The molecule has 1 aromatic rings. The van der Waals surface area contributed by atoms with E-state index in [0.29, 0.717) is 11.1 Å². The first-order valence-corrected chi connectivity index (χ1v) is 5.27. The van der Waals surface area contributed by atoms with Gasteiger partial charge in [0.2, 0.25) is 0 Å². The van der Waals surface area contributed by atoms with E-state index < -0.39 is 11.4 Å². The van der Waals surface area contributed by atoms with Crippen LogP contribution < -0.4 is 0 Å². The second kappa shape index (κ2) is 4.65. The van der Waals surface area contributed by atoms with E-state index in [1.807, 2.05) is 0 Å². The van der Waals surface area contributed by atoms with Crippen molar-refractivity contribution in [3.8, 4) is 0 Å². The van der Waals surface area contributed by atoms with Crippen LogP contribution in [0, 0.1) is 18.2 Å². The van der Waals surface area contributed by atoms with Gasteiger partial charge in [-0.05, 0) is 30.7 Å². The zero-order chi connectivity index (χ0) is 13.2. The Hall–Kier alpha value is -1.71. The number of carbonyl (C=O) groups excluding carboxylic acids is 1. The third-order valence-electron chi connectivity index (χ3n) is 2.63. The molecule has 0 aliphatic heterocycles. The molecule has 4 heteroatoms. The summed E-state index contributed by atoms with van der Waals surface area (Å²) in [5, 5.41) is 8.73. The number of ketones is 1. The van der Waals surface area contributed by atoms with Gasteiger partial charge >= 0.3 is 5.97 Å². The highest BCUT2D eigenvalue weighted by atomic mass is 19.1. The van der Waals surface area contributed by atoms with Crippen molar-refractivity contribution in [3.63, 3.8) is 0 Å². The number of hydrogen-bond donors (Lipinski definition) is 1. The lowest BCUT2D eigenvalue weighted by Gasteiger charge is -2.20. The first-order valence-electron chi connectivity index (χ1n) is 5.27. The van der Waals surface area contributed by atoms with Crippen LogP contribution in [0.1, 0.15) is 36.2 Å². The van der Waals surface area contributed by atoms with Crippen LogP contribution in [0.4, 0.5) is 4.39 Å². The van der Waals surface area contributed by atoms with Crippen LogP contribution in [-0.2, 0) is 4.79 Å². The van der Waals surface area contributed by atoms with Crippen molar-refractivity contribution in [2.24, 2.45) is 5.41 Å². The average Bonchev–Trinajstić information content (AvgIpc) is 2.19. The molecule has 0 fully saturated rings. The summed E-state index contributed by atoms with van der Waals surface area (Å²) in [7, 11) is 0. The monoisotopic (exact) mass is 238 g/mol. The van der Waals surface area contributed by atoms with Gasteiger partial charge in [0.05, 0.1) is 6.42 Å². The van der Waals surface area contributed by atoms with E-state index in [0.717, 1.165) is 0 Å². The van der Waals surface area contributed by atoms with Crippen LogP contribution in [0.3, 0.4) is 0 Å². The predicted molar refractivity (Wildman–Crippen MR) is 61.5 cm³/mol. The molecule has 0 aromatic heterocycles. The van der Waals surface area contributed by atoms with Crippen LogP contribution in [-0.4, -0.2) is 16.9 Å². The molecule has 0 saturated carbocycles. The van der Waals surface area contributed by atoms with Crippen LogP contribution in [0.25, 0.3) is 0 Å². The molecule has 0 aliphatic carbocycles. The highest BCUT2D eigenvalue weighted by Crippen LogP contribution is 2.26. The van der Waals surface area contributed by atoms with Gasteiger partial charge in [-0.2, -0.15) is 0 Å². The maximum absolute atomic E-state index is 13.1. The molecule has 0 unspecified atom stereocenters. The molecule has 0 radical (unpaired) electrons. The molecule has 92 valence electrons. The van der Waals surface area contributed by atoms with Crippen molar-refractivity contribution < 1.29 is 19.1 Å². The summed E-state index contributed by atoms with van der Waals surface area (Å²) in [6.07, 6.45) is -0.248. The van der Waals surface area contributed by atoms with Gasteiger partial charge in [-0.25, -0.2) is 4.39 Å². The lowest BCUT2D eigenvalue weighted by molar-refractivity contribution is -0.138. The molecule has 0 saturated heterocycles. The number of hydrogen-bond acceptors (Lipinski definition) is 2. The minimum absolute atomic E-state index is 0.248. The van der Waals surface area contributed by atoms with Crippen molar-refractivity contribution in [1.82, 2.24) is 0 Å². The Morgan fingerprint density at radius 1 is 1.35 bits per heavy atom. The summed E-state index contributed by atoms with van der Waals surface area (Å²) in [6, 6.07) is 4.05. The van der Waals surface area contributed by atoms with E-state index in [9.17, 15) is 14.0 Å². The fourth-order valence-corrected chi connectivity index (χ4v) is 1.64. The van der Waals surface area contributed by atoms with Crippen molar-refractivity contribution >= 4 is 11.8 Å². The van der Waals surface area contributed by atoms with Crippen molar-refractivity contribution in [2.75, 3.05) is 0 Å². The van der Waals surface area contributed by atoms with E-state index in [2.05, 4.69) is 0 Å². The summed E-state index contributed by atoms with van der Waals surface area (Å²) < 4.78 is 13.1. The molecule has 0 heterocycles. The Labute approximate surface area is 99.3 Å². The highest BCUT2D eigenvalue weighted by molar-refractivity contribution is 6.01. The summed E-state index contributed by atoms with van der Waals surface area (Å²) in [5.41, 5.74) is -0.270. The smallest absolute Gasteiger partial charge is 0.304 e. The molecular weight excluding hydrogens is 223 g/mol. The zero-order valence-electron chi connectivity index (χ0n) is 10.1. The van der Waals surface area contributed by atoms with Gasteiger partial charge in [-0.15, -0.1) is 0 Å². The summed E-state index contributed by atoms with van der Waals surface area (Å²) in [6.45, 7) is 4.71. The largest absolute Gasteiger partial charge is 0.481 e. The quantitative estimate of drug-likeness (QED) is 0.820. The maximum atomic E-state index is 13.1. The molecule has 0 atom stereocenters. The second-order valence-corrected chi connectivity index (χ2v) is 4.75.